The fourth-order valence-corrected chi connectivity index (χ4v) is 3.46. The predicted molar refractivity (Wildman–Crippen MR) is 58.0 cm³/mol. The number of carbonyl (C=O) groups is 1. The standard InChI is InChI=1S/C12H19NO3/c14-11-8-9(10-2-1-5-16-10)12(13-11)3-6-15-7-4-12/h9-10H,1-8H2,(H,13,14). The summed E-state index contributed by atoms with van der Waals surface area (Å²) in [5.41, 5.74) is -0.0235. The summed E-state index contributed by atoms with van der Waals surface area (Å²) in [6, 6.07) is 0. The van der Waals surface area contributed by atoms with Crippen LogP contribution in [0.4, 0.5) is 0 Å². The van der Waals surface area contributed by atoms with E-state index in [9.17, 15) is 4.79 Å². The Hall–Kier alpha value is -0.610. The van der Waals surface area contributed by atoms with Gasteiger partial charge in [0.15, 0.2) is 0 Å². The van der Waals surface area contributed by atoms with Gasteiger partial charge >= 0.3 is 0 Å². The highest BCUT2D eigenvalue weighted by molar-refractivity contribution is 5.80. The summed E-state index contributed by atoms with van der Waals surface area (Å²) in [6.45, 7) is 2.40. The lowest BCUT2D eigenvalue weighted by molar-refractivity contribution is -0.120. The molecule has 0 aromatic rings. The Labute approximate surface area is 95.7 Å². The van der Waals surface area contributed by atoms with Crippen molar-refractivity contribution in [1.29, 1.82) is 0 Å². The molecule has 4 heteroatoms. The van der Waals surface area contributed by atoms with Crippen molar-refractivity contribution in [1.82, 2.24) is 5.32 Å². The minimum Gasteiger partial charge on any atom is -0.381 e. The molecule has 0 aromatic carbocycles. The molecule has 2 unspecified atom stereocenters. The normalized spacial score (nSPS) is 37.9. The summed E-state index contributed by atoms with van der Waals surface area (Å²) in [5, 5.41) is 3.20. The van der Waals surface area contributed by atoms with E-state index in [2.05, 4.69) is 5.32 Å². The number of rotatable bonds is 1. The second-order valence-corrected chi connectivity index (χ2v) is 5.18. The van der Waals surface area contributed by atoms with E-state index in [1.165, 1.54) is 0 Å². The molecule has 0 saturated carbocycles. The van der Waals surface area contributed by atoms with Crippen molar-refractivity contribution in [3.05, 3.63) is 0 Å². The third kappa shape index (κ3) is 1.64. The Kier molecular flexibility index (Phi) is 2.64. The Morgan fingerprint density at radius 3 is 2.75 bits per heavy atom. The first-order valence-electron chi connectivity index (χ1n) is 6.31. The summed E-state index contributed by atoms with van der Waals surface area (Å²) >= 11 is 0. The third-order valence-corrected chi connectivity index (χ3v) is 4.30. The zero-order chi connectivity index (χ0) is 11.0. The molecule has 3 aliphatic rings. The molecule has 2 atom stereocenters. The molecule has 1 amide bonds. The van der Waals surface area contributed by atoms with Gasteiger partial charge in [0.05, 0.1) is 11.6 Å². The van der Waals surface area contributed by atoms with Crippen LogP contribution in [0.1, 0.15) is 32.1 Å². The van der Waals surface area contributed by atoms with Crippen LogP contribution in [0.15, 0.2) is 0 Å². The molecular weight excluding hydrogens is 206 g/mol. The minimum atomic E-state index is -0.0235. The smallest absolute Gasteiger partial charge is 0.220 e. The van der Waals surface area contributed by atoms with Crippen LogP contribution >= 0.6 is 0 Å². The lowest BCUT2D eigenvalue weighted by atomic mass is 9.75. The molecule has 1 N–H and O–H groups in total. The predicted octanol–water partition coefficient (Wildman–Crippen LogP) is 0.851. The fourth-order valence-electron chi connectivity index (χ4n) is 3.46. The Bertz CT molecular complexity index is 280. The van der Waals surface area contributed by atoms with E-state index in [1.54, 1.807) is 0 Å². The lowest BCUT2D eigenvalue weighted by Gasteiger charge is -2.40. The van der Waals surface area contributed by atoms with Gasteiger partial charge in [-0.3, -0.25) is 4.79 Å². The molecule has 0 aromatic heterocycles. The zero-order valence-corrected chi connectivity index (χ0v) is 9.54. The SMILES string of the molecule is O=C1CC(C2CCCO2)C2(CCOCC2)N1. The number of carbonyl (C=O) groups excluding carboxylic acids is 1. The largest absolute Gasteiger partial charge is 0.381 e. The average Bonchev–Trinajstić information content (AvgIpc) is 2.88. The van der Waals surface area contributed by atoms with E-state index >= 15 is 0 Å². The van der Waals surface area contributed by atoms with Gasteiger partial charge in [0, 0.05) is 32.2 Å². The maximum atomic E-state index is 11.7. The van der Waals surface area contributed by atoms with E-state index < -0.39 is 0 Å². The number of hydrogen-bond donors (Lipinski definition) is 1. The molecule has 1 spiro atoms. The van der Waals surface area contributed by atoms with Crippen LogP contribution in [0.3, 0.4) is 0 Å². The molecule has 16 heavy (non-hydrogen) atoms. The highest BCUT2D eigenvalue weighted by atomic mass is 16.5. The summed E-state index contributed by atoms with van der Waals surface area (Å²) < 4.78 is 11.2. The third-order valence-electron chi connectivity index (χ3n) is 4.30. The van der Waals surface area contributed by atoms with Gasteiger partial charge in [0.25, 0.3) is 0 Å². The highest BCUT2D eigenvalue weighted by Crippen LogP contribution is 2.41. The summed E-state index contributed by atoms with van der Waals surface area (Å²) in [5.74, 6) is 0.564. The molecule has 3 heterocycles. The van der Waals surface area contributed by atoms with Crippen LogP contribution in [0.5, 0.6) is 0 Å². The van der Waals surface area contributed by atoms with E-state index in [4.69, 9.17) is 9.47 Å². The number of ether oxygens (including phenoxy) is 2. The molecule has 3 aliphatic heterocycles. The van der Waals surface area contributed by atoms with Gasteiger partial charge in [-0.1, -0.05) is 0 Å². The zero-order valence-electron chi connectivity index (χ0n) is 9.54. The van der Waals surface area contributed by atoms with Crippen LogP contribution in [-0.2, 0) is 14.3 Å². The monoisotopic (exact) mass is 225 g/mol. The molecule has 0 bridgehead atoms. The molecule has 4 nitrogen and oxygen atoms in total. The van der Waals surface area contributed by atoms with E-state index in [0.29, 0.717) is 12.3 Å². The topological polar surface area (TPSA) is 47.6 Å². The summed E-state index contributed by atoms with van der Waals surface area (Å²) in [7, 11) is 0. The van der Waals surface area contributed by atoms with E-state index in [1.807, 2.05) is 0 Å². The van der Waals surface area contributed by atoms with Crippen molar-refractivity contribution in [2.45, 2.75) is 43.7 Å². The van der Waals surface area contributed by atoms with Crippen molar-refractivity contribution in [2.75, 3.05) is 19.8 Å². The van der Waals surface area contributed by atoms with Gasteiger partial charge in [-0.25, -0.2) is 0 Å². The molecule has 0 radical (unpaired) electrons. The van der Waals surface area contributed by atoms with Crippen molar-refractivity contribution < 1.29 is 14.3 Å². The minimum absolute atomic E-state index is 0.0235. The molecule has 0 aliphatic carbocycles. The van der Waals surface area contributed by atoms with E-state index in [0.717, 1.165) is 45.5 Å². The van der Waals surface area contributed by atoms with Crippen LogP contribution in [0.25, 0.3) is 0 Å². The number of nitrogens with one attached hydrogen (secondary N) is 1. The Morgan fingerprint density at radius 1 is 1.25 bits per heavy atom. The van der Waals surface area contributed by atoms with E-state index in [-0.39, 0.29) is 17.6 Å². The van der Waals surface area contributed by atoms with Crippen LogP contribution in [0.2, 0.25) is 0 Å². The number of hydrogen-bond acceptors (Lipinski definition) is 3. The maximum absolute atomic E-state index is 11.7. The first kappa shape index (κ1) is 10.5. The Balaban J connectivity index is 1.80. The Morgan fingerprint density at radius 2 is 2.06 bits per heavy atom. The van der Waals surface area contributed by atoms with Gasteiger partial charge in [0.1, 0.15) is 0 Å². The van der Waals surface area contributed by atoms with Crippen molar-refractivity contribution >= 4 is 5.91 Å². The van der Waals surface area contributed by atoms with Gasteiger partial charge in [-0.05, 0) is 25.7 Å². The second-order valence-electron chi connectivity index (χ2n) is 5.18. The lowest BCUT2D eigenvalue weighted by Crippen LogP contribution is -2.52. The van der Waals surface area contributed by atoms with Crippen LogP contribution in [-0.4, -0.2) is 37.4 Å². The first-order valence-corrected chi connectivity index (χ1v) is 6.31. The number of amides is 1. The highest BCUT2D eigenvalue weighted by Gasteiger charge is 2.51. The second kappa shape index (κ2) is 4.00. The summed E-state index contributed by atoms with van der Waals surface area (Å²) in [4.78, 5) is 11.7. The van der Waals surface area contributed by atoms with Gasteiger partial charge in [0.2, 0.25) is 5.91 Å². The van der Waals surface area contributed by atoms with Crippen LogP contribution < -0.4 is 5.32 Å². The molecular formula is C12H19NO3. The van der Waals surface area contributed by atoms with Crippen molar-refractivity contribution in [3.8, 4) is 0 Å². The first-order chi connectivity index (χ1) is 7.80. The molecule has 3 saturated heterocycles. The van der Waals surface area contributed by atoms with Gasteiger partial charge in [-0.15, -0.1) is 0 Å². The maximum Gasteiger partial charge on any atom is 0.220 e. The fraction of sp³-hybridized carbons (Fsp3) is 0.917. The van der Waals surface area contributed by atoms with Crippen molar-refractivity contribution in [2.24, 2.45) is 5.92 Å². The van der Waals surface area contributed by atoms with Gasteiger partial charge < -0.3 is 14.8 Å². The van der Waals surface area contributed by atoms with Gasteiger partial charge in [-0.2, -0.15) is 0 Å². The quantitative estimate of drug-likeness (QED) is 0.719. The average molecular weight is 225 g/mol. The van der Waals surface area contributed by atoms with Crippen LogP contribution in [0, 0.1) is 5.92 Å². The van der Waals surface area contributed by atoms with Crippen molar-refractivity contribution in [3.63, 3.8) is 0 Å². The molecule has 90 valence electrons. The summed E-state index contributed by atoms with van der Waals surface area (Å²) in [6.07, 6.45) is 5.08. The molecule has 3 fully saturated rings. The molecule has 3 rings (SSSR count).